The Morgan fingerprint density at radius 1 is 1.05 bits per heavy atom. The number of benzene rings is 2. The number of amides is 1. The average molecular weight is 546 g/mol. The van der Waals surface area contributed by atoms with Gasteiger partial charge in [-0.25, -0.2) is 9.78 Å². The minimum absolute atomic E-state index is 0.229. The molecule has 2 N–H and O–H groups in total. The van der Waals surface area contributed by atoms with Gasteiger partial charge in [0.15, 0.2) is 11.5 Å². The largest absolute Gasteiger partial charge is 0.493 e. The molecule has 1 aliphatic rings. The molecule has 192 valence electrons. The first kappa shape index (κ1) is 26.1. The summed E-state index contributed by atoms with van der Waals surface area (Å²) in [5, 5.41) is 10.3. The number of hydrogen-bond donors (Lipinski definition) is 2. The van der Waals surface area contributed by atoms with Gasteiger partial charge in [0.25, 0.3) is 11.5 Å². The van der Waals surface area contributed by atoms with E-state index in [0.29, 0.717) is 46.9 Å². The summed E-state index contributed by atoms with van der Waals surface area (Å²) in [4.78, 5) is 41.1. The lowest BCUT2D eigenvalue weighted by Crippen LogP contribution is -2.21. The number of carboxylic acid groups (broad SMARTS) is 1. The molecular weight excluding hydrogens is 525 g/mol. The van der Waals surface area contributed by atoms with E-state index < -0.39 is 21.9 Å². The van der Waals surface area contributed by atoms with E-state index >= 15 is 0 Å². The maximum absolute atomic E-state index is 13.2. The fourth-order valence-electron chi connectivity index (χ4n) is 4.04. The fourth-order valence-corrected chi connectivity index (χ4v) is 4.25. The molecule has 37 heavy (non-hydrogen) atoms. The van der Waals surface area contributed by atoms with E-state index in [1.807, 2.05) is 12.1 Å². The molecule has 0 spiro atoms. The van der Waals surface area contributed by atoms with E-state index in [9.17, 15) is 14.4 Å². The van der Waals surface area contributed by atoms with Crippen molar-refractivity contribution >= 4 is 63.3 Å². The van der Waals surface area contributed by atoms with Gasteiger partial charge in [0.05, 0.1) is 32.2 Å². The van der Waals surface area contributed by atoms with Gasteiger partial charge >= 0.3 is 5.97 Å². The summed E-state index contributed by atoms with van der Waals surface area (Å²) in [6.45, 7) is 0.450. The minimum atomic E-state index is -1.53. The SMILES string of the molecule is COc1ccc(C=C2CCn3c2nc2cc(NC(=O)/C(Cl)=C(/Cl)C(=O)O)ccc2c3=O)c(OC)c1OC. The van der Waals surface area contributed by atoms with Crippen molar-refractivity contribution in [2.45, 2.75) is 13.0 Å². The van der Waals surface area contributed by atoms with Crippen LogP contribution in [0.3, 0.4) is 0 Å². The zero-order valence-electron chi connectivity index (χ0n) is 19.9. The molecule has 4 rings (SSSR count). The summed E-state index contributed by atoms with van der Waals surface area (Å²) < 4.78 is 18.0. The van der Waals surface area contributed by atoms with Crippen LogP contribution in [0.5, 0.6) is 17.2 Å². The van der Waals surface area contributed by atoms with Crippen LogP contribution in [0.25, 0.3) is 22.6 Å². The van der Waals surface area contributed by atoms with Gasteiger partial charge in [0, 0.05) is 17.8 Å². The highest BCUT2D eigenvalue weighted by atomic mass is 35.5. The number of aliphatic carboxylic acids is 1. The molecular formula is C25H21Cl2N3O7. The lowest BCUT2D eigenvalue weighted by molar-refractivity contribution is -0.132. The molecule has 0 bridgehead atoms. The number of fused-ring (bicyclic) bond motifs is 2. The third kappa shape index (κ3) is 4.85. The second kappa shape index (κ2) is 10.5. The van der Waals surface area contributed by atoms with E-state index in [0.717, 1.165) is 11.1 Å². The lowest BCUT2D eigenvalue weighted by atomic mass is 10.1. The van der Waals surface area contributed by atoms with Crippen LogP contribution < -0.4 is 25.1 Å². The number of carboxylic acids is 1. The summed E-state index contributed by atoms with van der Waals surface area (Å²) in [5.74, 6) is -0.529. The van der Waals surface area contributed by atoms with Crippen LogP contribution in [0.2, 0.25) is 0 Å². The molecule has 1 aromatic heterocycles. The van der Waals surface area contributed by atoms with Crippen LogP contribution in [0.15, 0.2) is 45.2 Å². The Morgan fingerprint density at radius 2 is 1.78 bits per heavy atom. The second-order valence-corrected chi connectivity index (χ2v) is 8.61. The fraction of sp³-hybridized carbons (Fsp3) is 0.200. The smallest absolute Gasteiger partial charge is 0.349 e. The lowest BCUT2D eigenvalue weighted by Gasteiger charge is -2.14. The van der Waals surface area contributed by atoms with Gasteiger partial charge in [-0.05, 0) is 48.4 Å². The quantitative estimate of drug-likeness (QED) is 0.425. The van der Waals surface area contributed by atoms with Crippen molar-refractivity contribution in [3.05, 3.63) is 62.1 Å². The Balaban J connectivity index is 1.77. The van der Waals surface area contributed by atoms with Crippen molar-refractivity contribution in [2.24, 2.45) is 0 Å². The maximum atomic E-state index is 13.2. The van der Waals surface area contributed by atoms with Crippen molar-refractivity contribution in [2.75, 3.05) is 26.6 Å². The van der Waals surface area contributed by atoms with Crippen molar-refractivity contribution in [3.63, 3.8) is 0 Å². The topological polar surface area (TPSA) is 129 Å². The molecule has 0 fully saturated rings. The molecule has 2 heterocycles. The molecule has 1 aliphatic heterocycles. The van der Waals surface area contributed by atoms with Crippen LogP contribution in [-0.2, 0) is 16.1 Å². The summed E-state index contributed by atoms with van der Waals surface area (Å²) in [6.07, 6.45) is 2.44. The number of ether oxygens (including phenoxy) is 3. The van der Waals surface area contributed by atoms with Crippen molar-refractivity contribution < 1.29 is 28.9 Å². The van der Waals surface area contributed by atoms with Crippen molar-refractivity contribution in [1.29, 1.82) is 0 Å². The van der Waals surface area contributed by atoms with Crippen molar-refractivity contribution in [3.8, 4) is 17.2 Å². The average Bonchev–Trinajstić information content (AvgIpc) is 3.29. The van der Waals surface area contributed by atoms with E-state index in [1.165, 1.54) is 39.5 Å². The van der Waals surface area contributed by atoms with Crippen LogP contribution in [0.4, 0.5) is 5.69 Å². The molecule has 12 heteroatoms. The molecule has 0 unspecified atom stereocenters. The number of anilines is 1. The van der Waals surface area contributed by atoms with E-state index in [-0.39, 0.29) is 11.2 Å². The zero-order valence-corrected chi connectivity index (χ0v) is 21.4. The molecule has 0 saturated heterocycles. The number of nitrogens with zero attached hydrogens (tertiary/aromatic N) is 2. The summed E-state index contributed by atoms with van der Waals surface area (Å²) in [6, 6.07) is 8.11. The molecule has 0 saturated carbocycles. The third-order valence-electron chi connectivity index (χ3n) is 5.75. The van der Waals surface area contributed by atoms with Crippen LogP contribution in [0.1, 0.15) is 17.8 Å². The van der Waals surface area contributed by atoms with Crippen LogP contribution >= 0.6 is 23.2 Å². The first-order valence-electron chi connectivity index (χ1n) is 10.8. The standard InChI is InChI=1S/C25H21Cl2N3O7/c1-35-17-7-4-12(20(36-2)21(17)37-3)10-13-8-9-30-22(13)29-16-11-14(5-6-15(16)24(30)32)28-23(31)18(26)19(27)25(33)34/h4-7,10-11H,8-9H2,1-3H3,(H,28,31)(H,33,34)/b13-10?,19-18-. The van der Waals surface area contributed by atoms with Gasteiger partial charge in [-0.2, -0.15) is 0 Å². The minimum Gasteiger partial charge on any atom is -0.493 e. The number of carbonyl (C=O) groups excluding carboxylic acids is 1. The van der Waals surface area contributed by atoms with Crippen LogP contribution in [-0.4, -0.2) is 47.9 Å². The Kier molecular flexibility index (Phi) is 7.42. The first-order valence-corrected chi connectivity index (χ1v) is 11.6. The molecule has 0 radical (unpaired) electrons. The van der Waals surface area contributed by atoms with Gasteiger partial charge < -0.3 is 24.6 Å². The van der Waals surface area contributed by atoms with Gasteiger partial charge in [0.2, 0.25) is 5.75 Å². The van der Waals surface area contributed by atoms with Crippen LogP contribution in [0, 0.1) is 0 Å². The predicted molar refractivity (Wildman–Crippen MR) is 140 cm³/mol. The molecule has 1 amide bonds. The number of nitrogens with one attached hydrogen (secondary N) is 1. The molecule has 3 aromatic rings. The Labute approximate surface area is 220 Å². The number of allylic oxidation sites excluding steroid dienone is 1. The van der Waals surface area contributed by atoms with E-state index in [4.69, 9.17) is 42.5 Å². The normalized spacial score (nSPS) is 14.2. The van der Waals surface area contributed by atoms with Gasteiger partial charge in [0.1, 0.15) is 15.9 Å². The highest BCUT2D eigenvalue weighted by Crippen LogP contribution is 2.41. The molecule has 0 aliphatic carbocycles. The summed E-state index contributed by atoms with van der Waals surface area (Å²) in [5.41, 5.74) is 1.89. The van der Waals surface area contributed by atoms with E-state index in [1.54, 1.807) is 10.6 Å². The number of aromatic nitrogens is 2. The Morgan fingerprint density at radius 3 is 2.43 bits per heavy atom. The predicted octanol–water partition coefficient (Wildman–Crippen LogP) is 4.08. The molecule has 0 atom stereocenters. The van der Waals surface area contributed by atoms with E-state index in [2.05, 4.69) is 10.3 Å². The number of halogens is 2. The molecule has 2 aromatic carbocycles. The van der Waals surface area contributed by atoms with Gasteiger partial charge in [-0.3, -0.25) is 14.2 Å². The number of methoxy groups -OCH3 is 3. The number of rotatable bonds is 7. The monoisotopic (exact) mass is 545 g/mol. The number of hydrogen-bond acceptors (Lipinski definition) is 7. The zero-order chi connectivity index (χ0) is 26.9. The van der Waals surface area contributed by atoms with Gasteiger partial charge in [-0.15, -0.1) is 0 Å². The molecule has 10 nitrogen and oxygen atoms in total. The van der Waals surface area contributed by atoms with Crippen molar-refractivity contribution in [1.82, 2.24) is 9.55 Å². The third-order valence-corrected chi connectivity index (χ3v) is 6.56. The Bertz CT molecular complexity index is 1560. The summed E-state index contributed by atoms with van der Waals surface area (Å²) in [7, 11) is 4.58. The van der Waals surface area contributed by atoms with Gasteiger partial charge in [-0.1, -0.05) is 23.2 Å². The number of carbonyl (C=O) groups is 2. The Hall–Kier alpha value is -4.02. The highest BCUT2D eigenvalue weighted by molar-refractivity contribution is 6.54. The highest BCUT2D eigenvalue weighted by Gasteiger charge is 2.23. The maximum Gasteiger partial charge on any atom is 0.349 e. The summed E-state index contributed by atoms with van der Waals surface area (Å²) >= 11 is 11.3. The first-order chi connectivity index (χ1) is 17.7. The second-order valence-electron chi connectivity index (χ2n) is 7.85.